The molecule has 228 valence electrons. The normalized spacial score (nSPS) is 14.5. The van der Waals surface area contributed by atoms with Gasteiger partial charge in [-0.3, -0.25) is 0 Å². The molecule has 0 bridgehead atoms. The highest BCUT2D eigenvalue weighted by atomic mass is 14.5. The van der Waals surface area contributed by atoms with Crippen molar-refractivity contribution in [1.82, 2.24) is 0 Å². The first-order chi connectivity index (χ1) is 23.5. The molecule has 0 atom stereocenters. The second-order valence-electron chi connectivity index (χ2n) is 13.7. The van der Waals surface area contributed by atoms with Crippen LogP contribution in [0.3, 0.4) is 0 Å². The first-order valence-corrected chi connectivity index (χ1v) is 16.8. The van der Waals surface area contributed by atoms with Crippen LogP contribution in [0.25, 0.3) is 44.5 Å². The van der Waals surface area contributed by atoms with Gasteiger partial charge in [0, 0.05) is 17.2 Å². The highest BCUT2D eigenvalue weighted by Gasteiger charge is 2.53. The lowest BCUT2D eigenvalue weighted by Gasteiger charge is -2.46. The first-order valence-electron chi connectivity index (χ1n) is 16.8. The molecule has 1 N–H and O–H groups in total. The van der Waals surface area contributed by atoms with Gasteiger partial charge in [-0.15, -0.1) is 0 Å². The molecule has 7 aromatic rings. The average molecular weight is 614 g/mol. The molecule has 0 amide bonds. The molecule has 0 unspecified atom stereocenters. The molecule has 0 aliphatic heterocycles. The van der Waals surface area contributed by atoms with E-state index in [1.165, 1.54) is 84.1 Å². The molecule has 0 saturated heterocycles. The molecule has 7 aromatic carbocycles. The number of benzene rings is 7. The van der Waals surface area contributed by atoms with E-state index >= 15 is 0 Å². The predicted molar refractivity (Wildman–Crippen MR) is 200 cm³/mol. The first kappa shape index (κ1) is 28.4. The summed E-state index contributed by atoms with van der Waals surface area (Å²) in [5, 5.41) is 8.48. The van der Waals surface area contributed by atoms with Gasteiger partial charge in [0.05, 0.1) is 5.41 Å². The Morgan fingerprint density at radius 1 is 0.396 bits per heavy atom. The van der Waals surface area contributed by atoms with Crippen molar-refractivity contribution in [2.45, 2.75) is 24.7 Å². The van der Waals surface area contributed by atoms with Crippen LogP contribution in [0.1, 0.15) is 52.8 Å². The summed E-state index contributed by atoms with van der Waals surface area (Å²) in [6, 6.07) is 59.9. The van der Waals surface area contributed by atoms with Crippen molar-refractivity contribution in [1.29, 1.82) is 5.41 Å². The van der Waals surface area contributed by atoms with Crippen molar-refractivity contribution in [2.24, 2.45) is 0 Å². The van der Waals surface area contributed by atoms with Crippen LogP contribution in [-0.2, 0) is 10.8 Å². The van der Waals surface area contributed by atoms with Crippen molar-refractivity contribution in [3.63, 3.8) is 0 Å². The Balaban J connectivity index is 1.21. The van der Waals surface area contributed by atoms with Crippen LogP contribution >= 0.6 is 0 Å². The highest BCUT2D eigenvalue weighted by molar-refractivity contribution is 5.99. The van der Waals surface area contributed by atoms with Crippen molar-refractivity contribution >= 4 is 6.21 Å². The lowest BCUT2D eigenvalue weighted by atomic mass is 9.55. The van der Waals surface area contributed by atoms with Gasteiger partial charge in [-0.05, 0) is 90.0 Å². The Hall–Kier alpha value is -5.79. The molecule has 2 aliphatic carbocycles. The minimum Gasteiger partial charge on any atom is -0.308 e. The maximum absolute atomic E-state index is 8.48. The molecule has 0 fully saturated rings. The van der Waals surface area contributed by atoms with E-state index in [1.807, 2.05) is 0 Å². The Labute approximate surface area is 282 Å². The zero-order valence-electron chi connectivity index (χ0n) is 27.2. The van der Waals surface area contributed by atoms with Gasteiger partial charge in [0.15, 0.2) is 0 Å². The maximum Gasteiger partial charge on any atom is 0.0719 e. The van der Waals surface area contributed by atoms with E-state index in [-0.39, 0.29) is 5.41 Å². The Morgan fingerprint density at radius 3 is 1.46 bits per heavy atom. The van der Waals surface area contributed by atoms with Gasteiger partial charge in [0.2, 0.25) is 0 Å². The van der Waals surface area contributed by atoms with E-state index in [1.54, 1.807) is 0 Å². The summed E-state index contributed by atoms with van der Waals surface area (Å²) < 4.78 is 0. The number of nitrogens with one attached hydrogen (secondary N) is 1. The molecule has 1 nitrogen and oxygen atoms in total. The van der Waals surface area contributed by atoms with Crippen molar-refractivity contribution in [3.8, 4) is 44.5 Å². The van der Waals surface area contributed by atoms with Crippen LogP contribution in [0.5, 0.6) is 0 Å². The van der Waals surface area contributed by atoms with Crippen LogP contribution in [0, 0.1) is 5.41 Å². The fourth-order valence-corrected chi connectivity index (χ4v) is 8.65. The number of fused-ring (bicyclic) bond motifs is 9. The average Bonchev–Trinajstić information content (AvgIpc) is 3.45. The van der Waals surface area contributed by atoms with E-state index in [4.69, 9.17) is 5.41 Å². The quantitative estimate of drug-likeness (QED) is 0.191. The lowest BCUT2D eigenvalue weighted by Crippen LogP contribution is -2.40. The Kier molecular flexibility index (Phi) is 6.29. The van der Waals surface area contributed by atoms with Gasteiger partial charge < -0.3 is 5.41 Å². The van der Waals surface area contributed by atoms with Crippen LogP contribution in [0.4, 0.5) is 0 Å². The van der Waals surface area contributed by atoms with Gasteiger partial charge in [-0.1, -0.05) is 166 Å². The topological polar surface area (TPSA) is 23.9 Å². The molecule has 0 heterocycles. The largest absolute Gasteiger partial charge is 0.308 e. The molecule has 0 radical (unpaired) electrons. The van der Waals surface area contributed by atoms with Gasteiger partial charge in [-0.25, -0.2) is 0 Å². The summed E-state index contributed by atoms with van der Waals surface area (Å²) in [7, 11) is 0. The number of hydrogen-bond donors (Lipinski definition) is 1. The minimum absolute atomic E-state index is 0.136. The minimum atomic E-state index is -0.460. The Morgan fingerprint density at radius 2 is 0.854 bits per heavy atom. The fraction of sp³-hybridized carbons (Fsp3) is 0.0851. The van der Waals surface area contributed by atoms with Crippen molar-refractivity contribution in [2.75, 3.05) is 0 Å². The molecule has 0 saturated carbocycles. The number of hydrogen-bond acceptors (Lipinski definition) is 1. The molecular weight excluding hydrogens is 579 g/mol. The smallest absolute Gasteiger partial charge is 0.0719 e. The summed E-state index contributed by atoms with van der Waals surface area (Å²) in [5.41, 5.74) is 17.9. The summed E-state index contributed by atoms with van der Waals surface area (Å²) >= 11 is 0. The summed E-state index contributed by atoms with van der Waals surface area (Å²) in [6.07, 6.45) is 1.53. The highest BCUT2D eigenvalue weighted by Crippen LogP contribution is 2.62. The molecule has 2 aliphatic rings. The van der Waals surface area contributed by atoms with Crippen molar-refractivity contribution < 1.29 is 0 Å². The van der Waals surface area contributed by atoms with Gasteiger partial charge in [0.25, 0.3) is 0 Å². The summed E-state index contributed by atoms with van der Waals surface area (Å²) in [6.45, 7) is 4.71. The van der Waals surface area contributed by atoms with Crippen LogP contribution in [-0.4, -0.2) is 6.21 Å². The lowest BCUT2D eigenvalue weighted by molar-refractivity contribution is 0.563. The number of rotatable bonds is 4. The zero-order valence-corrected chi connectivity index (χ0v) is 27.2. The SMILES string of the molecule is CC1(C)c2ccccc2C2(c3ccc(-c4ccc(-c5cccc(-c6ccccc6)c5)cc4)cc3-c3c(C=N)cccc32)c2ccccc21. The van der Waals surface area contributed by atoms with E-state index in [2.05, 4.69) is 178 Å². The van der Waals surface area contributed by atoms with Crippen LogP contribution in [0.15, 0.2) is 164 Å². The molecule has 1 heteroatoms. The van der Waals surface area contributed by atoms with Crippen LogP contribution in [0.2, 0.25) is 0 Å². The third-order valence-corrected chi connectivity index (χ3v) is 10.9. The zero-order chi connectivity index (χ0) is 32.5. The second kappa shape index (κ2) is 10.6. The molecule has 0 aromatic heterocycles. The maximum atomic E-state index is 8.48. The second-order valence-corrected chi connectivity index (χ2v) is 13.7. The fourth-order valence-electron chi connectivity index (χ4n) is 8.65. The molecule has 1 spiro atoms. The standard InChI is InChI=1S/C47H35N/c1-46(2)40-17-6-8-19-42(40)47(43-20-9-7-18-41(43)46)39-27-26-36(29-38(39)45-37(30-48)16-11-21-44(45)47)33-24-22-32(23-25-33)35-15-10-14-34(28-35)31-12-4-3-5-13-31/h3-30,48H,1-2H3. The van der Waals surface area contributed by atoms with E-state index in [0.717, 1.165) is 5.56 Å². The molecule has 9 rings (SSSR count). The molecular formula is C47H35N. The van der Waals surface area contributed by atoms with E-state index in [0.29, 0.717) is 0 Å². The van der Waals surface area contributed by atoms with Crippen molar-refractivity contribution in [3.05, 3.63) is 203 Å². The van der Waals surface area contributed by atoms with E-state index in [9.17, 15) is 0 Å². The van der Waals surface area contributed by atoms with Gasteiger partial charge in [0.1, 0.15) is 0 Å². The monoisotopic (exact) mass is 613 g/mol. The van der Waals surface area contributed by atoms with Gasteiger partial charge in [-0.2, -0.15) is 0 Å². The van der Waals surface area contributed by atoms with E-state index < -0.39 is 5.41 Å². The third-order valence-electron chi connectivity index (χ3n) is 10.9. The predicted octanol–water partition coefficient (Wildman–Crippen LogP) is 11.7. The molecule has 48 heavy (non-hydrogen) atoms. The van der Waals surface area contributed by atoms with Gasteiger partial charge >= 0.3 is 0 Å². The van der Waals surface area contributed by atoms with Crippen LogP contribution < -0.4 is 0 Å². The Bertz CT molecular complexity index is 2330. The summed E-state index contributed by atoms with van der Waals surface area (Å²) in [5.74, 6) is 0. The summed E-state index contributed by atoms with van der Waals surface area (Å²) in [4.78, 5) is 0. The third kappa shape index (κ3) is 3.94.